The highest BCUT2D eigenvalue weighted by atomic mass is 32.1. The van der Waals surface area contributed by atoms with Gasteiger partial charge >= 0.3 is 0 Å². The third-order valence-corrected chi connectivity index (χ3v) is 3.53. The third-order valence-electron chi connectivity index (χ3n) is 2.65. The van der Waals surface area contributed by atoms with Crippen LogP contribution in [0, 0.1) is 0 Å². The molecule has 1 aromatic heterocycles. The van der Waals surface area contributed by atoms with Gasteiger partial charge in [0.1, 0.15) is 0 Å². The fourth-order valence-corrected chi connectivity index (χ4v) is 2.54. The molecule has 0 bridgehead atoms. The van der Waals surface area contributed by atoms with Crippen LogP contribution in [0.3, 0.4) is 0 Å². The van der Waals surface area contributed by atoms with Crippen molar-refractivity contribution < 1.29 is 4.79 Å². The van der Waals surface area contributed by atoms with E-state index >= 15 is 0 Å². The Bertz CT molecular complexity index is 518. The van der Waals surface area contributed by atoms with Gasteiger partial charge in [0.25, 0.3) is 0 Å². The number of hydrogen-bond donors (Lipinski definition) is 1. The Labute approximate surface area is 117 Å². The highest BCUT2D eigenvalue weighted by Gasteiger charge is 2.05. The normalized spacial score (nSPS) is 10.7. The molecule has 19 heavy (non-hydrogen) atoms. The maximum atomic E-state index is 11.8. The molecule has 0 saturated heterocycles. The minimum absolute atomic E-state index is 0.0304. The van der Waals surface area contributed by atoms with Crippen LogP contribution in [0.5, 0.6) is 0 Å². The van der Waals surface area contributed by atoms with Crippen molar-refractivity contribution in [2.45, 2.75) is 13.0 Å². The summed E-state index contributed by atoms with van der Waals surface area (Å²) >= 11 is 1.60. The van der Waals surface area contributed by atoms with Crippen molar-refractivity contribution in [3.8, 4) is 0 Å². The molecule has 3 nitrogen and oxygen atoms in total. The zero-order chi connectivity index (χ0) is 13.7. The van der Waals surface area contributed by atoms with Gasteiger partial charge in [0.15, 0.2) is 0 Å². The number of thiophene rings is 1. The Morgan fingerprint density at radius 2 is 1.95 bits per heavy atom. The zero-order valence-electron chi connectivity index (χ0n) is 11.2. The van der Waals surface area contributed by atoms with E-state index < -0.39 is 0 Å². The summed E-state index contributed by atoms with van der Waals surface area (Å²) in [6, 6.07) is 11.9. The molecule has 4 heteroatoms. The lowest BCUT2D eigenvalue weighted by molar-refractivity contribution is -0.115. The molecule has 1 N–H and O–H groups in total. The van der Waals surface area contributed by atoms with Gasteiger partial charge in [0.05, 0.1) is 6.42 Å². The van der Waals surface area contributed by atoms with E-state index in [4.69, 9.17) is 0 Å². The average Bonchev–Trinajstić information content (AvgIpc) is 2.83. The number of carbonyl (C=O) groups is 1. The Kier molecular flexibility index (Phi) is 4.71. The van der Waals surface area contributed by atoms with Crippen LogP contribution in [0.15, 0.2) is 41.8 Å². The Morgan fingerprint density at radius 3 is 2.53 bits per heavy atom. The topological polar surface area (TPSA) is 32.3 Å². The lowest BCUT2D eigenvalue weighted by atomic mass is 10.2. The van der Waals surface area contributed by atoms with Crippen LogP contribution in [0.2, 0.25) is 0 Å². The lowest BCUT2D eigenvalue weighted by Gasteiger charge is -2.10. The number of anilines is 1. The molecule has 0 aliphatic heterocycles. The average molecular weight is 274 g/mol. The van der Waals surface area contributed by atoms with E-state index in [0.29, 0.717) is 6.42 Å². The van der Waals surface area contributed by atoms with Crippen molar-refractivity contribution in [2.24, 2.45) is 0 Å². The molecule has 0 spiro atoms. The van der Waals surface area contributed by atoms with Crippen LogP contribution >= 0.6 is 11.3 Å². The van der Waals surface area contributed by atoms with Crippen LogP contribution in [-0.4, -0.2) is 24.9 Å². The van der Waals surface area contributed by atoms with E-state index in [2.05, 4.69) is 10.2 Å². The second-order valence-corrected chi connectivity index (χ2v) is 5.77. The predicted octanol–water partition coefficient (Wildman–Crippen LogP) is 2.99. The first-order valence-corrected chi connectivity index (χ1v) is 7.07. The summed E-state index contributed by atoms with van der Waals surface area (Å²) in [5, 5.41) is 4.90. The number of benzene rings is 1. The molecule has 0 radical (unpaired) electrons. The molecule has 0 aliphatic carbocycles. The monoisotopic (exact) mass is 274 g/mol. The van der Waals surface area contributed by atoms with Crippen molar-refractivity contribution in [3.63, 3.8) is 0 Å². The molecule has 1 heterocycles. The maximum absolute atomic E-state index is 11.8. The van der Waals surface area contributed by atoms with Crippen LogP contribution < -0.4 is 5.32 Å². The van der Waals surface area contributed by atoms with Gasteiger partial charge < -0.3 is 10.2 Å². The maximum Gasteiger partial charge on any atom is 0.229 e. The minimum Gasteiger partial charge on any atom is -0.326 e. The van der Waals surface area contributed by atoms with Crippen molar-refractivity contribution in [1.29, 1.82) is 0 Å². The molecule has 0 fully saturated rings. The van der Waals surface area contributed by atoms with Crippen LogP contribution in [-0.2, 0) is 17.8 Å². The smallest absolute Gasteiger partial charge is 0.229 e. The van der Waals surface area contributed by atoms with Gasteiger partial charge in [-0.05, 0) is 43.2 Å². The first-order valence-electron chi connectivity index (χ1n) is 6.19. The van der Waals surface area contributed by atoms with Crippen LogP contribution in [0.4, 0.5) is 5.69 Å². The Morgan fingerprint density at radius 1 is 1.21 bits per heavy atom. The summed E-state index contributed by atoms with van der Waals surface area (Å²) < 4.78 is 0. The van der Waals surface area contributed by atoms with Gasteiger partial charge in [-0.3, -0.25) is 4.79 Å². The minimum atomic E-state index is 0.0304. The molecule has 2 aromatic rings. The summed E-state index contributed by atoms with van der Waals surface area (Å²) in [6.07, 6.45) is 0.442. The predicted molar refractivity (Wildman–Crippen MR) is 80.5 cm³/mol. The molecule has 0 atom stereocenters. The molecular weight excluding hydrogens is 256 g/mol. The number of amides is 1. The van der Waals surface area contributed by atoms with Crippen molar-refractivity contribution in [1.82, 2.24) is 4.90 Å². The standard InChI is InChI=1S/C15H18N2OS/c1-17(2)11-12-5-7-13(8-6-12)16-15(18)10-14-4-3-9-19-14/h3-9H,10-11H2,1-2H3,(H,16,18). The summed E-state index contributed by atoms with van der Waals surface area (Å²) in [6.45, 7) is 0.906. The summed E-state index contributed by atoms with van der Waals surface area (Å²) in [5.74, 6) is 0.0304. The molecule has 2 rings (SSSR count). The Hall–Kier alpha value is -1.65. The van der Waals surface area contributed by atoms with Crippen LogP contribution in [0.1, 0.15) is 10.4 Å². The highest BCUT2D eigenvalue weighted by Crippen LogP contribution is 2.13. The Balaban J connectivity index is 1.90. The van der Waals surface area contributed by atoms with Gasteiger partial charge in [-0.1, -0.05) is 18.2 Å². The third kappa shape index (κ3) is 4.50. The first-order chi connectivity index (χ1) is 9.13. The molecule has 100 valence electrons. The fourth-order valence-electron chi connectivity index (χ4n) is 1.84. The molecule has 0 unspecified atom stereocenters. The molecule has 0 saturated carbocycles. The first kappa shape index (κ1) is 13.8. The molecule has 1 aromatic carbocycles. The number of rotatable bonds is 5. The number of nitrogens with zero attached hydrogens (tertiary/aromatic N) is 1. The van der Waals surface area contributed by atoms with E-state index in [9.17, 15) is 4.79 Å². The fraction of sp³-hybridized carbons (Fsp3) is 0.267. The quantitative estimate of drug-likeness (QED) is 0.909. The van der Waals surface area contributed by atoms with E-state index in [0.717, 1.165) is 17.1 Å². The van der Waals surface area contributed by atoms with E-state index in [1.807, 2.05) is 55.9 Å². The van der Waals surface area contributed by atoms with Gasteiger partial charge in [-0.15, -0.1) is 11.3 Å². The van der Waals surface area contributed by atoms with Crippen LogP contribution in [0.25, 0.3) is 0 Å². The van der Waals surface area contributed by atoms with Crippen molar-refractivity contribution in [2.75, 3.05) is 19.4 Å². The lowest BCUT2D eigenvalue weighted by Crippen LogP contribution is -2.14. The number of hydrogen-bond acceptors (Lipinski definition) is 3. The SMILES string of the molecule is CN(C)Cc1ccc(NC(=O)Cc2cccs2)cc1. The highest BCUT2D eigenvalue weighted by molar-refractivity contribution is 7.10. The molecular formula is C15H18N2OS. The molecule has 1 amide bonds. The number of carbonyl (C=O) groups excluding carboxylic acids is 1. The van der Waals surface area contributed by atoms with Gasteiger partial charge in [-0.25, -0.2) is 0 Å². The molecule has 0 aliphatic rings. The largest absolute Gasteiger partial charge is 0.326 e. The van der Waals surface area contributed by atoms with Gasteiger partial charge in [-0.2, -0.15) is 0 Å². The van der Waals surface area contributed by atoms with E-state index in [1.54, 1.807) is 11.3 Å². The van der Waals surface area contributed by atoms with E-state index in [-0.39, 0.29) is 5.91 Å². The van der Waals surface area contributed by atoms with Crippen molar-refractivity contribution >= 4 is 22.9 Å². The zero-order valence-corrected chi connectivity index (χ0v) is 12.0. The number of nitrogens with one attached hydrogen (secondary N) is 1. The summed E-state index contributed by atoms with van der Waals surface area (Å²) in [5.41, 5.74) is 2.09. The van der Waals surface area contributed by atoms with Gasteiger partial charge in [0.2, 0.25) is 5.91 Å². The second kappa shape index (κ2) is 6.50. The summed E-state index contributed by atoms with van der Waals surface area (Å²) in [7, 11) is 4.08. The summed E-state index contributed by atoms with van der Waals surface area (Å²) in [4.78, 5) is 15.0. The second-order valence-electron chi connectivity index (χ2n) is 4.74. The van der Waals surface area contributed by atoms with E-state index in [1.165, 1.54) is 5.56 Å². The van der Waals surface area contributed by atoms with Crippen molar-refractivity contribution in [3.05, 3.63) is 52.2 Å². The van der Waals surface area contributed by atoms with Gasteiger partial charge in [0, 0.05) is 17.1 Å².